The van der Waals surface area contributed by atoms with E-state index in [1.807, 2.05) is 10.6 Å². The lowest BCUT2D eigenvalue weighted by Crippen LogP contribution is -2.51. The number of furan rings is 1. The summed E-state index contributed by atoms with van der Waals surface area (Å²) in [5, 5.41) is 4.46. The van der Waals surface area contributed by atoms with Gasteiger partial charge in [0.1, 0.15) is 11.3 Å². The van der Waals surface area contributed by atoms with Crippen LogP contribution in [0.3, 0.4) is 0 Å². The van der Waals surface area contributed by atoms with E-state index in [1.54, 1.807) is 54.6 Å². The Labute approximate surface area is 210 Å². The van der Waals surface area contributed by atoms with Crippen molar-refractivity contribution in [3.63, 3.8) is 0 Å². The third-order valence-corrected chi connectivity index (χ3v) is 7.42. The van der Waals surface area contributed by atoms with Crippen molar-refractivity contribution in [1.29, 1.82) is 0 Å². The summed E-state index contributed by atoms with van der Waals surface area (Å²) in [5.74, 6) is -2.10. The fourth-order valence-electron chi connectivity index (χ4n) is 3.80. The third kappa shape index (κ3) is 3.68. The van der Waals surface area contributed by atoms with Crippen molar-refractivity contribution in [1.82, 2.24) is 15.6 Å². The minimum absolute atomic E-state index is 0.249. The first-order chi connectivity index (χ1) is 17.4. The van der Waals surface area contributed by atoms with Crippen molar-refractivity contribution in [3.8, 4) is 0 Å². The summed E-state index contributed by atoms with van der Waals surface area (Å²) in [6.07, 6.45) is 1.24. The van der Waals surface area contributed by atoms with Gasteiger partial charge in [-0.15, -0.1) is 11.3 Å². The van der Waals surface area contributed by atoms with Crippen LogP contribution in [0.15, 0.2) is 74.0 Å². The van der Waals surface area contributed by atoms with Crippen LogP contribution in [0.2, 0.25) is 0 Å². The third-order valence-electron chi connectivity index (χ3n) is 5.42. The Kier molecular flexibility index (Phi) is 5.05. The van der Waals surface area contributed by atoms with E-state index in [0.29, 0.717) is 31.8 Å². The minimum Gasteiger partial charge on any atom is -0.450 e. The normalized spacial score (nSPS) is 15.4. The van der Waals surface area contributed by atoms with E-state index in [0.717, 1.165) is 9.60 Å². The number of benzene rings is 2. The summed E-state index contributed by atoms with van der Waals surface area (Å²) >= 11 is 2.59. The number of nitrogens with zero attached hydrogens (tertiary/aromatic N) is 2. The number of thiazole rings is 1. The van der Waals surface area contributed by atoms with Crippen LogP contribution >= 0.6 is 23.1 Å². The molecule has 0 saturated carbocycles. The van der Waals surface area contributed by atoms with Gasteiger partial charge in [0.15, 0.2) is 9.43 Å². The van der Waals surface area contributed by atoms with Crippen LogP contribution in [0.25, 0.3) is 16.3 Å². The van der Waals surface area contributed by atoms with Crippen molar-refractivity contribution < 1.29 is 28.4 Å². The highest BCUT2D eigenvalue weighted by molar-refractivity contribution is 8.01. The van der Waals surface area contributed by atoms with Gasteiger partial charge in [0.05, 0.1) is 27.0 Å². The quantitative estimate of drug-likeness (QED) is 0.238. The van der Waals surface area contributed by atoms with E-state index in [2.05, 4.69) is 4.98 Å². The zero-order chi connectivity index (χ0) is 25.0. The molecule has 0 aliphatic carbocycles. The first-order valence-electron chi connectivity index (χ1n) is 10.4. The maximum atomic E-state index is 12.8. The summed E-state index contributed by atoms with van der Waals surface area (Å²) < 4.78 is 7.12. The maximum absolute atomic E-state index is 12.8. The molecular formula is C24H12N4O6S2. The topological polar surface area (TPSA) is 139 Å². The second-order valence-electron chi connectivity index (χ2n) is 7.68. The average Bonchev–Trinajstić information content (AvgIpc) is 3.53. The number of hydrogen-bond acceptors (Lipinski definition) is 9. The van der Waals surface area contributed by atoms with Crippen molar-refractivity contribution in [2.75, 3.05) is 4.90 Å². The Morgan fingerprint density at radius 3 is 2.28 bits per heavy atom. The van der Waals surface area contributed by atoms with Gasteiger partial charge in [0, 0.05) is 0 Å². The monoisotopic (exact) mass is 516 g/mol. The van der Waals surface area contributed by atoms with Crippen LogP contribution < -0.4 is 15.5 Å². The van der Waals surface area contributed by atoms with E-state index >= 15 is 0 Å². The van der Waals surface area contributed by atoms with E-state index in [9.17, 15) is 24.0 Å². The molecule has 1 fully saturated rings. The fraction of sp³-hybridized carbons (Fsp3) is 0. The summed E-state index contributed by atoms with van der Waals surface area (Å²) in [6.45, 7) is 0. The summed E-state index contributed by atoms with van der Waals surface area (Å²) in [4.78, 5) is 66.3. The van der Waals surface area contributed by atoms with Gasteiger partial charge < -0.3 is 4.42 Å². The molecule has 176 valence electrons. The first-order valence-corrected chi connectivity index (χ1v) is 12.0. The molecule has 1 saturated heterocycles. The molecule has 6 amide bonds. The fourth-order valence-corrected chi connectivity index (χ4v) is 5.80. The lowest BCUT2D eigenvalue weighted by atomic mass is 10.1. The summed E-state index contributed by atoms with van der Waals surface area (Å²) in [6, 6.07) is 14.3. The zero-order valence-electron chi connectivity index (χ0n) is 17.9. The van der Waals surface area contributed by atoms with Crippen LogP contribution in [-0.4, -0.2) is 34.6 Å². The van der Waals surface area contributed by atoms with Crippen molar-refractivity contribution in [2.45, 2.75) is 9.43 Å². The predicted molar refractivity (Wildman–Crippen MR) is 130 cm³/mol. The van der Waals surface area contributed by atoms with Crippen LogP contribution in [0.4, 0.5) is 10.5 Å². The number of urea groups is 1. The highest BCUT2D eigenvalue weighted by atomic mass is 32.2. The molecule has 0 bridgehead atoms. The van der Waals surface area contributed by atoms with Crippen LogP contribution in [0, 0.1) is 0 Å². The Balaban J connectivity index is 1.23. The molecule has 0 atom stereocenters. The van der Waals surface area contributed by atoms with Crippen LogP contribution in [0.5, 0.6) is 0 Å². The number of carbonyl (C=O) groups excluding carboxylic acids is 5. The highest BCUT2D eigenvalue weighted by Gasteiger charge is 2.36. The number of barbiturate groups is 1. The van der Waals surface area contributed by atoms with Gasteiger partial charge in [0.2, 0.25) is 0 Å². The standard InChI is InChI=1S/C24H12N4O6S2/c29-19-15(20(30)27-23(33)26-19)10-12-6-8-18(34-12)36-24-25-16-7-5-11(9-17(16)35-24)28-21(31)13-3-1-2-4-14(13)22(28)32/h1-10H,(H2,26,27,29,30,33). The first kappa shape index (κ1) is 21.9. The molecule has 2 aromatic carbocycles. The number of nitrogens with one attached hydrogen (secondary N) is 2. The number of rotatable bonds is 4. The number of carbonyl (C=O) groups is 5. The lowest BCUT2D eigenvalue weighted by molar-refractivity contribution is -0.123. The van der Waals surface area contributed by atoms with E-state index < -0.39 is 17.8 Å². The van der Waals surface area contributed by atoms with Gasteiger partial charge in [0.25, 0.3) is 23.6 Å². The summed E-state index contributed by atoms with van der Waals surface area (Å²) in [7, 11) is 0. The largest absolute Gasteiger partial charge is 0.450 e. The molecule has 4 heterocycles. The molecule has 6 rings (SSSR count). The molecule has 2 aliphatic heterocycles. The maximum Gasteiger partial charge on any atom is 0.328 e. The molecule has 2 aromatic heterocycles. The van der Waals surface area contributed by atoms with E-state index in [1.165, 1.54) is 29.2 Å². The lowest BCUT2D eigenvalue weighted by Gasteiger charge is -2.13. The second kappa shape index (κ2) is 8.29. The SMILES string of the molecule is O=C1NC(=O)C(=Cc2ccc(Sc3nc4ccc(N5C(=O)c6ccccc6C5=O)cc4s3)o2)C(=O)N1. The molecular weight excluding hydrogens is 504 g/mol. The van der Waals surface area contributed by atoms with Crippen LogP contribution in [-0.2, 0) is 9.59 Å². The molecule has 0 spiro atoms. The number of imide groups is 3. The van der Waals surface area contributed by atoms with Gasteiger partial charge in [-0.2, -0.15) is 0 Å². The average molecular weight is 517 g/mol. The number of fused-ring (bicyclic) bond motifs is 2. The Morgan fingerprint density at radius 2 is 1.58 bits per heavy atom. The predicted octanol–water partition coefficient (Wildman–Crippen LogP) is 3.59. The van der Waals surface area contributed by atoms with Crippen LogP contribution in [0.1, 0.15) is 26.5 Å². The Hall–Kier alpha value is -4.55. The molecule has 10 nitrogen and oxygen atoms in total. The molecule has 0 radical (unpaired) electrons. The molecule has 0 unspecified atom stereocenters. The number of hydrogen-bond donors (Lipinski definition) is 2. The zero-order valence-corrected chi connectivity index (χ0v) is 19.6. The van der Waals surface area contributed by atoms with Crippen molar-refractivity contribution in [3.05, 3.63) is 77.1 Å². The van der Waals surface area contributed by atoms with Gasteiger partial charge in [-0.1, -0.05) is 12.1 Å². The van der Waals surface area contributed by atoms with E-state index in [-0.39, 0.29) is 23.1 Å². The second-order valence-corrected chi connectivity index (χ2v) is 9.96. The Morgan fingerprint density at radius 1 is 0.889 bits per heavy atom. The van der Waals surface area contributed by atoms with Gasteiger partial charge in [-0.25, -0.2) is 14.7 Å². The molecule has 2 aliphatic rings. The van der Waals surface area contributed by atoms with E-state index in [4.69, 9.17) is 4.42 Å². The van der Waals surface area contributed by atoms with Gasteiger partial charge >= 0.3 is 6.03 Å². The molecule has 36 heavy (non-hydrogen) atoms. The molecule has 12 heteroatoms. The van der Waals surface area contributed by atoms with Crippen molar-refractivity contribution in [2.24, 2.45) is 0 Å². The molecule has 4 aromatic rings. The van der Waals surface area contributed by atoms with Gasteiger partial charge in [-0.05, 0) is 60.3 Å². The smallest absolute Gasteiger partial charge is 0.328 e. The number of aromatic nitrogens is 1. The highest BCUT2D eigenvalue weighted by Crippen LogP contribution is 2.38. The minimum atomic E-state index is -0.875. The number of amides is 6. The Bertz CT molecular complexity index is 1630. The summed E-state index contributed by atoms with van der Waals surface area (Å²) in [5.41, 5.74) is 1.66. The molecule has 2 N–H and O–H groups in total. The van der Waals surface area contributed by atoms with Crippen molar-refractivity contribution >= 4 is 74.7 Å². The number of anilines is 1. The van der Waals surface area contributed by atoms with Gasteiger partial charge in [-0.3, -0.25) is 29.8 Å².